The molecule has 3 aromatic rings. The number of benzene rings is 2. The lowest BCUT2D eigenvalue weighted by molar-refractivity contribution is -0.119. The van der Waals surface area contributed by atoms with Gasteiger partial charge >= 0.3 is 0 Å². The van der Waals surface area contributed by atoms with Gasteiger partial charge in [-0.25, -0.2) is 9.07 Å². The Kier molecular flexibility index (Phi) is 8.65. The van der Waals surface area contributed by atoms with Gasteiger partial charge in [-0.05, 0) is 50.6 Å². The average molecular weight is 498 g/mol. The van der Waals surface area contributed by atoms with E-state index in [9.17, 15) is 9.18 Å². The second-order valence-corrected chi connectivity index (χ2v) is 9.08. The Morgan fingerprint density at radius 2 is 1.94 bits per heavy atom. The van der Waals surface area contributed by atoms with E-state index in [1.54, 1.807) is 24.9 Å². The quantitative estimate of drug-likeness (QED) is 0.325. The van der Waals surface area contributed by atoms with Gasteiger partial charge in [0.2, 0.25) is 11.8 Å². The van der Waals surface area contributed by atoms with Crippen molar-refractivity contribution in [2.24, 2.45) is 17.8 Å². The van der Waals surface area contributed by atoms with Crippen molar-refractivity contribution < 1.29 is 23.4 Å². The summed E-state index contributed by atoms with van der Waals surface area (Å²) < 4.78 is 33.1. The number of nitrogens with zero attached hydrogens (tertiary/aromatic N) is 3. The summed E-state index contributed by atoms with van der Waals surface area (Å²) in [6.07, 6.45) is 2.55. The van der Waals surface area contributed by atoms with Crippen molar-refractivity contribution in [3.05, 3.63) is 59.7 Å². The number of amides is 1. The normalized spacial score (nSPS) is 12.3. The van der Waals surface area contributed by atoms with Gasteiger partial charge < -0.3 is 25.3 Å². The Bertz CT molecular complexity index is 1280. The van der Waals surface area contributed by atoms with E-state index in [0.29, 0.717) is 41.4 Å². The summed E-state index contributed by atoms with van der Waals surface area (Å²) in [6.45, 7) is 6.63. The van der Waals surface area contributed by atoms with Gasteiger partial charge in [-0.15, -0.1) is 0 Å². The molecule has 1 amide bonds. The summed E-state index contributed by atoms with van der Waals surface area (Å²) in [5, 5.41) is 7.78. The van der Waals surface area contributed by atoms with Crippen LogP contribution in [0.25, 0.3) is 10.9 Å². The van der Waals surface area contributed by atoms with Gasteiger partial charge in [0.15, 0.2) is 0 Å². The molecule has 0 spiro atoms. The summed E-state index contributed by atoms with van der Waals surface area (Å²) in [4.78, 5) is 16.7. The number of rotatable bonds is 10. The summed E-state index contributed by atoms with van der Waals surface area (Å²) in [5.41, 5.74) is 6.51. The number of ether oxygens (including phenoxy) is 3. The first-order valence-corrected chi connectivity index (χ1v) is 11.4. The summed E-state index contributed by atoms with van der Waals surface area (Å²) in [6, 6.07) is 9.80. The monoisotopic (exact) mass is 497 g/mol. The fourth-order valence-corrected chi connectivity index (χ4v) is 3.21. The Morgan fingerprint density at radius 3 is 2.61 bits per heavy atom. The zero-order valence-corrected chi connectivity index (χ0v) is 21.2. The van der Waals surface area contributed by atoms with Gasteiger partial charge in [0.1, 0.15) is 23.9 Å². The molecule has 0 atom stereocenters. The third kappa shape index (κ3) is 7.29. The van der Waals surface area contributed by atoms with E-state index in [-0.39, 0.29) is 23.3 Å². The smallest absolute Gasteiger partial charge is 0.228 e. The lowest BCUT2D eigenvalue weighted by atomic mass is 10.1. The number of aliphatic imine (C=N–C) groups is 1. The van der Waals surface area contributed by atoms with E-state index in [4.69, 9.17) is 19.9 Å². The molecule has 0 fully saturated rings. The number of hydrogen-bond acceptors (Lipinski definition) is 7. The number of nitrogens with one attached hydrogen (secondary N) is 1. The van der Waals surface area contributed by atoms with Crippen LogP contribution in [0.15, 0.2) is 53.3 Å². The third-order valence-corrected chi connectivity index (χ3v) is 4.95. The molecule has 9 nitrogen and oxygen atoms in total. The van der Waals surface area contributed by atoms with E-state index in [2.05, 4.69) is 15.4 Å². The SMILES string of the molecule is COCCOc1ccc2nn(C)c(Oc3ccc(CC(=O)N/C(C=NC(C)(C)C)=C/N)c(F)c3)c2c1. The molecule has 0 saturated carbocycles. The van der Waals surface area contributed by atoms with Crippen LogP contribution in [0.2, 0.25) is 0 Å². The molecule has 0 radical (unpaired) electrons. The number of fused-ring (bicyclic) bond motifs is 1. The van der Waals surface area contributed by atoms with Crippen LogP contribution in [-0.4, -0.2) is 47.8 Å². The van der Waals surface area contributed by atoms with E-state index in [1.165, 1.54) is 24.5 Å². The van der Waals surface area contributed by atoms with Gasteiger partial charge in [-0.1, -0.05) is 6.07 Å². The third-order valence-electron chi connectivity index (χ3n) is 4.95. The molecule has 1 heterocycles. The lowest BCUT2D eigenvalue weighted by Crippen LogP contribution is -2.27. The molecule has 0 unspecified atom stereocenters. The van der Waals surface area contributed by atoms with Crippen LogP contribution >= 0.6 is 0 Å². The van der Waals surface area contributed by atoms with Gasteiger partial charge in [-0.2, -0.15) is 5.10 Å². The fourth-order valence-electron chi connectivity index (χ4n) is 3.21. The van der Waals surface area contributed by atoms with Gasteiger partial charge in [0.25, 0.3) is 0 Å². The molecule has 0 bridgehead atoms. The fraction of sp³-hybridized carbons (Fsp3) is 0.346. The number of methoxy groups -OCH3 is 1. The average Bonchev–Trinajstić information content (AvgIpc) is 3.12. The van der Waals surface area contributed by atoms with E-state index in [0.717, 1.165) is 0 Å². The number of aromatic nitrogens is 2. The molecule has 0 aliphatic carbocycles. The number of nitrogens with two attached hydrogens (primary N) is 1. The van der Waals surface area contributed by atoms with Gasteiger partial charge in [0, 0.05) is 32.6 Å². The van der Waals surface area contributed by atoms with Gasteiger partial charge in [0.05, 0.1) is 35.2 Å². The number of aryl methyl sites for hydroxylation is 1. The van der Waals surface area contributed by atoms with Crippen molar-refractivity contribution in [3.63, 3.8) is 0 Å². The van der Waals surface area contributed by atoms with Crippen LogP contribution in [0, 0.1) is 5.82 Å². The van der Waals surface area contributed by atoms with Crippen LogP contribution in [0.1, 0.15) is 26.3 Å². The topological polar surface area (TPSA) is 113 Å². The molecule has 10 heteroatoms. The molecule has 192 valence electrons. The summed E-state index contributed by atoms with van der Waals surface area (Å²) in [5.74, 6) is 0.357. The number of hydrogen-bond donors (Lipinski definition) is 2. The minimum absolute atomic E-state index is 0.177. The molecular weight excluding hydrogens is 465 g/mol. The summed E-state index contributed by atoms with van der Waals surface area (Å²) in [7, 11) is 3.34. The number of carbonyl (C=O) groups is 1. The number of allylic oxidation sites excluding steroid dienone is 1. The van der Waals surface area contributed by atoms with Crippen LogP contribution < -0.4 is 20.5 Å². The van der Waals surface area contributed by atoms with Gasteiger partial charge in [-0.3, -0.25) is 9.79 Å². The zero-order chi connectivity index (χ0) is 26.3. The highest BCUT2D eigenvalue weighted by Crippen LogP contribution is 2.32. The largest absolute Gasteiger partial charge is 0.491 e. The zero-order valence-electron chi connectivity index (χ0n) is 21.2. The van der Waals surface area contributed by atoms with Crippen molar-refractivity contribution in [3.8, 4) is 17.4 Å². The van der Waals surface area contributed by atoms with E-state index < -0.39 is 11.7 Å². The minimum atomic E-state index is -0.570. The highest BCUT2D eigenvalue weighted by atomic mass is 19.1. The van der Waals surface area contributed by atoms with Crippen molar-refractivity contribution >= 4 is 23.0 Å². The Balaban J connectivity index is 1.72. The number of halogens is 1. The molecule has 3 rings (SSSR count). The second kappa shape index (κ2) is 11.7. The predicted octanol–water partition coefficient (Wildman–Crippen LogP) is 3.86. The molecular formula is C26H32FN5O4. The summed E-state index contributed by atoms with van der Waals surface area (Å²) >= 11 is 0. The Hall–Kier alpha value is -3.92. The molecule has 36 heavy (non-hydrogen) atoms. The van der Waals surface area contributed by atoms with Crippen molar-refractivity contribution in [2.45, 2.75) is 32.7 Å². The highest BCUT2D eigenvalue weighted by molar-refractivity contribution is 5.89. The van der Waals surface area contributed by atoms with Crippen molar-refractivity contribution in [1.82, 2.24) is 15.1 Å². The Labute approximate surface area is 209 Å². The predicted molar refractivity (Wildman–Crippen MR) is 137 cm³/mol. The first-order chi connectivity index (χ1) is 17.1. The Morgan fingerprint density at radius 1 is 1.19 bits per heavy atom. The van der Waals surface area contributed by atoms with Crippen LogP contribution in [-0.2, 0) is 23.0 Å². The van der Waals surface area contributed by atoms with Crippen LogP contribution in [0.4, 0.5) is 4.39 Å². The molecule has 1 aromatic heterocycles. The maximum atomic E-state index is 14.8. The minimum Gasteiger partial charge on any atom is -0.491 e. The number of carbonyl (C=O) groups excluding carboxylic acids is 1. The van der Waals surface area contributed by atoms with Crippen molar-refractivity contribution in [2.75, 3.05) is 20.3 Å². The van der Waals surface area contributed by atoms with Crippen LogP contribution in [0.5, 0.6) is 17.4 Å². The van der Waals surface area contributed by atoms with E-state index in [1.807, 2.05) is 39.0 Å². The van der Waals surface area contributed by atoms with Crippen molar-refractivity contribution in [1.29, 1.82) is 0 Å². The second-order valence-electron chi connectivity index (χ2n) is 9.08. The molecule has 0 aliphatic rings. The maximum Gasteiger partial charge on any atom is 0.228 e. The first kappa shape index (κ1) is 26.7. The van der Waals surface area contributed by atoms with Crippen LogP contribution in [0.3, 0.4) is 0 Å². The first-order valence-electron chi connectivity index (χ1n) is 11.4. The molecule has 0 saturated heterocycles. The molecule has 2 aromatic carbocycles. The molecule has 3 N–H and O–H groups in total. The highest BCUT2D eigenvalue weighted by Gasteiger charge is 2.15. The maximum absolute atomic E-state index is 14.8. The van der Waals surface area contributed by atoms with E-state index >= 15 is 0 Å². The standard InChI is InChI=1S/C26H32FN5O4/c1-26(2,3)29-16-18(15-28)30-24(33)12-17-6-7-20(14-22(17)27)36-25-21-13-19(35-11-10-34-5)8-9-23(21)31-32(25)4/h6-9,13-16H,10-12,28H2,1-5H3,(H,30,33)/b18-15+,29-16?. The molecule has 0 aliphatic heterocycles. The lowest BCUT2D eigenvalue weighted by Gasteiger charge is -2.12.